The Hall–Kier alpha value is -3.54. The number of amides is 1. The number of aromatic nitrogens is 2. The smallest absolute Gasteiger partial charge is 0.243 e. The molecule has 4 aromatic rings. The highest BCUT2D eigenvalue weighted by atomic mass is 32.2. The number of carbonyl (C=O) groups is 1. The summed E-state index contributed by atoms with van der Waals surface area (Å²) in [5, 5.41) is 2.83. The number of carbonyl (C=O) groups excluding carboxylic acids is 1. The van der Waals surface area contributed by atoms with Crippen LogP contribution in [-0.2, 0) is 27.8 Å². The maximum atomic E-state index is 13.3. The lowest BCUT2D eigenvalue weighted by Crippen LogP contribution is -2.47. The molecular weight excluding hydrogens is 476 g/mol. The topological polar surface area (TPSA) is 120 Å². The molecule has 0 saturated heterocycles. The minimum atomic E-state index is -4.06. The summed E-state index contributed by atoms with van der Waals surface area (Å²) in [6, 6.07) is 18.3. The van der Waals surface area contributed by atoms with Crippen LogP contribution in [0.5, 0.6) is 11.5 Å². The van der Waals surface area contributed by atoms with Gasteiger partial charge in [0.25, 0.3) is 0 Å². The van der Waals surface area contributed by atoms with Crippen molar-refractivity contribution in [2.75, 3.05) is 6.79 Å². The lowest BCUT2D eigenvalue weighted by atomic mass is 10.1. The van der Waals surface area contributed by atoms with E-state index in [0.717, 1.165) is 22.9 Å². The van der Waals surface area contributed by atoms with Crippen molar-refractivity contribution in [2.45, 2.75) is 23.9 Å². The zero-order valence-electron chi connectivity index (χ0n) is 17.8. The van der Waals surface area contributed by atoms with Crippen LogP contribution in [0.25, 0.3) is 11.0 Å². The number of nitrogens with one attached hydrogen (secondary N) is 2. The third-order valence-corrected chi connectivity index (χ3v) is 7.38. The number of fused-ring (bicyclic) bond motifs is 2. The Labute approximate surface area is 200 Å². The molecule has 0 bridgehead atoms. The van der Waals surface area contributed by atoms with Crippen molar-refractivity contribution < 1.29 is 22.7 Å². The molecule has 1 atom stereocenters. The van der Waals surface area contributed by atoms with Crippen LogP contribution < -0.4 is 19.5 Å². The molecule has 0 fully saturated rings. The Balaban J connectivity index is 1.37. The summed E-state index contributed by atoms with van der Waals surface area (Å²) in [5.74, 6) is 0.808. The van der Waals surface area contributed by atoms with Gasteiger partial charge in [-0.2, -0.15) is 13.5 Å². The summed E-state index contributed by atoms with van der Waals surface area (Å²) in [6.07, 6.45) is 0.179. The van der Waals surface area contributed by atoms with Gasteiger partial charge in [0, 0.05) is 6.54 Å². The molecule has 0 radical (unpaired) electrons. The van der Waals surface area contributed by atoms with E-state index in [1.807, 2.05) is 36.4 Å². The predicted octanol–water partition coefficient (Wildman–Crippen LogP) is 2.63. The molecule has 2 heterocycles. The van der Waals surface area contributed by atoms with Crippen LogP contribution in [-0.4, -0.2) is 35.9 Å². The number of ether oxygens (including phenoxy) is 2. The summed E-state index contributed by atoms with van der Waals surface area (Å²) in [7, 11) is -4.06. The van der Waals surface area contributed by atoms with Gasteiger partial charge in [-0.05, 0) is 41.8 Å². The molecule has 1 aliphatic heterocycles. The average molecular weight is 497 g/mol. The molecular formula is C23H20N4O5S2. The van der Waals surface area contributed by atoms with E-state index in [9.17, 15) is 13.2 Å². The van der Waals surface area contributed by atoms with Crippen LogP contribution in [0, 0.1) is 0 Å². The molecule has 174 valence electrons. The highest BCUT2D eigenvalue weighted by Gasteiger charge is 2.28. The second kappa shape index (κ2) is 9.37. The van der Waals surface area contributed by atoms with Gasteiger partial charge in [-0.25, -0.2) is 8.42 Å². The van der Waals surface area contributed by atoms with Gasteiger partial charge in [-0.1, -0.05) is 42.5 Å². The Bertz CT molecular complexity index is 1440. The lowest BCUT2D eigenvalue weighted by Gasteiger charge is -2.19. The van der Waals surface area contributed by atoms with Gasteiger partial charge in [0.1, 0.15) is 22.0 Å². The van der Waals surface area contributed by atoms with Crippen molar-refractivity contribution in [3.8, 4) is 11.5 Å². The Morgan fingerprint density at radius 3 is 2.65 bits per heavy atom. The van der Waals surface area contributed by atoms with Crippen LogP contribution in [0.2, 0.25) is 0 Å². The fraction of sp³-hybridized carbons (Fsp3) is 0.174. The highest BCUT2D eigenvalue weighted by molar-refractivity contribution is 7.89. The van der Waals surface area contributed by atoms with E-state index in [0.29, 0.717) is 17.0 Å². The number of sulfonamides is 1. The summed E-state index contributed by atoms with van der Waals surface area (Å²) < 4.78 is 48.0. The first-order chi connectivity index (χ1) is 16.5. The quantitative estimate of drug-likeness (QED) is 0.385. The second-order valence-corrected chi connectivity index (χ2v) is 9.87. The summed E-state index contributed by atoms with van der Waals surface area (Å²) in [4.78, 5) is 13.1. The van der Waals surface area contributed by atoms with E-state index in [1.54, 1.807) is 24.3 Å². The molecule has 2 N–H and O–H groups in total. The van der Waals surface area contributed by atoms with Crippen LogP contribution in [0.1, 0.15) is 11.1 Å². The molecule has 1 aromatic heterocycles. The van der Waals surface area contributed by atoms with E-state index in [4.69, 9.17) is 9.47 Å². The van der Waals surface area contributed by atoms with Gasteiger partial charge < -0.3 is 14.8 Å². The first kappa shape index (κ1) is 22.3. The lowest BCUT2D eigenvalue weighted by molar-refractivity contribution is -0.122. The number of hydrogen-bond acceptors (Lipinski definition) is 8. The van der Waals surface area contributed by atoms with Gasteiger partial charge in [-0.15, -0.1) is 0 Å². The van der Waals surface area contributed by atoms with Crippen LogP contribution in [0.3, 0.4) is 0 Å². The fourth-order valence-electron chi connectivity index (χ4n) is 3.65. The molecule has 0 aliphatic carbocycles. The highest BCUT2D eigenvalue weighted by Crippen LogP contribution is 2.32. The van der Waals surface area contributed by atoms with E-state index < -0.39 is 22.0 Å². The maximum absolute atomic E-state index is 13.3. The van der Waals surface area contributed by atoms with Crippen molar-refractivity contribution in [2.24, 2.45) is 0 Å². The Kier molecular flexibility index (Phi) is 6.14. The minimum absolute atomic E-state index is 0.0135. The van der Waals surface area contributed by atoms with E-state index in [-0.39, 0.29) is 30.2 Å². The van der Waals surface area contributed by atoms with Gasteiger partial charge in [0.05, 0.1) is 11.7 Å². The van der Waals surface area contributed by atoms with Gasteiger partial charge in [-0.3, -0.25) is 4.79 Å². The molecule has 3 aromatic carbocycles. The SMILES string of the molecule is O=C(NCc1ccc2c(c1)OCO2)[C@@H](Cc1ccccc1)NS(=O)(=O)c1cccc2nsnc12. The Morgan fingerprint density at radius 2 is 1.79 bits per heavy atom. The molecule has 5 rings (SSSR count). The van der Waals surface area contributed by atoms with E-state index >= 15 is 0 Å². The van der Waals surface area contributed by atoms with Crippen molar-refractivity contribution in [1.82, 2.24) is 18.8 Å². The molecule has 1 amide bonds. The number of benzene rings is 3. The number of hydrogen-bond donors (Lipinski definition) is 2. The van der Waals surface area contributed by atoms with Crippen LogP contribution in [0.4, 0.5) is 0 Å². The average Bonchev–Trinajstić information content (AvgIpc) is 3.51. The number of nitrogens with zero attached hydrogens (tertiary/aromatic N) is 2. The summed E-state index contributed by atoms with van der Waals surface area (Å²) >= 11 is 0.934. The fourth-order valence-corrected chi connectivity index (χ4v) is 5.61. The van der Waals surface area contributed by atoms with Crippen molar-refractivity contribution in [1.29, 1.82) is 0 Å². The zero-order chi connectivity index (χ0) is 23.5. The zero-order valence-corrected chi connectivity index (χ0v) is 19.4. The van der Waals surface area contributed by atoms with E-state index in [2.05, 4.69) is 18.8 Å². The standard InChI is InChI=1S/C23H20N4O5S2/c28-23(24-13-16-9-10-19-20(12-16)32-14-31-19)18(11-15-5-2-1-3-6-15)27-34(29,30)21-8-4-7-17-22(21)26-33-25-17/h1-10,12,18,27H,11,13-14H2,(H,24,28)/t18-/m1/s1. The molecule has 1 aliphatic rings. The molecule has 0 saturated carbocycles. The Morgan fingerprint density at radius 1 is 0.971 bits per heavy atom. The van der Waals surface area contributed by atoms with Crippen molar-refractivity contribution in [3.05, 3.63) is 77.9 Å². The first-order valence-electron chi connectivity index (χ1n) is 10.4. The van der Waals surface area contributed by atoms with Crippen LogP contribution in [0.15, 0.2) is 71.6 Å². The van der Waals surface area contributed by atoms with Gasteiger partial charge in [0.15, 0.2) is 11.5 Å². The van der Waals surface area contributed by atoms with Crippen molar-refractivity contribution in [3.63, 3.8) is 0 Å². The molecule has 0 spiro atoms. The number of rotatable bonds is 8. The summed E-state index contributed by atoms with van der Waals surface area (Å²) in [6.45, 7) is 0.363. The molecule has 11 heteroatoms. The van der Waals surface area contributed by atoms with E-state index in [1.165, 1.54) is 6.07 Å². The third kappa shape index (κ3) is 4.72. The van der Waals surface area contributed by atoms with Gasteiger partial charge in [0.2, 0.25) is 22.7 Å². The predicted molar refractivity (Wildman–Crippen MR) is 126 cm³/mol. The monoisotopic (exact) mass is 496 g/mol. The summed E-state index contributed by atoms with van der Waals surface area (Å²) in [5.41, 5.74) is 2.39. The second-order valence-electron chi connectivity index (χ2n) is 7.66. The molecule has 0 unspecified atom stereocenters. The third-order valence-electron chi connectivity index (χ3n) is 5.34. The normalized spacial score (nSPS) is 13.6. The minimum Gasteiger partial charge on any atom is -0.454 e. The maximum Gasteiger partial charge on any atom is 0.243 e. The largest absolute Gasteiger partial charge is 0.454 e. The van der Waals surface area contributed by atoms with Gasteiger partial charge >= 0.3 is 0 Å². The van der Waals surface area contributed by atoms with Crippen LogP contribution >= 0.6 is 11.7 Å². The molecule has 9 nitrogen and oxygen atoms in total. The first-order valence-corrected chi connectivity index (χ1v) is 12.6. The molecule has 34 heavy (non-hydrogen) atoms. The van der Waals surface area contributed by atoms with Crippen molar-refractivity contribution >= 4 is 38.7 Å².